The summed E-state index contributed by atoms with van der Waals surface area (Å²) >= 11 is 0. The molecular weight excluding hydrogens is 240 g/mol. The largest absolute Gasteiger partial charge is 0.458 e. The zero-order chi connectivity index (χ0) is 13.9. The van der Waals surface area contributed by atoms with Crippen molar-refractivity contribution < 1.29 is 14.3 Å². The van der Waals surface area contributed by atoms with Gasteiger partial charge in [-0.2, -0.15) is 0 Å². The highest BCUT2D eigenvalue weighted by atomic mass is 16.5. The van der Waals surface area contributed by atoms with Gasteiger partial charge in [0.1, 0.15) is 6.10 Å². The Kier molecular flexibility index (Phi) is 4.05. The maximum absolute atomic E-state index is 10.9. The second kappa shape index (κ2) is 5.57. The van der Waals surface area contributed by atoms with Crippen LogP contribution in [0.4, 0.5) is 0 Å². The van der Waals surface area contributed by atoms with Gasteiger partial charge in [-0.1, -0.05) is 36.4 Å². The molecule has 19 heavy (non-hydrogen) atoms. The van der Waals surface area contributed by atoms with Crippen molar-refractivity contribution in [1.82, 2.24) is 0 Å². The van der Waals surface area contributed by atoms with Gasteiger partial charge in [0.2, 0.25) is 0 Å². The molecule has 3 nitrogen and oxygen atoms in total. The molecule has 0 unspecified atom stereocenters. The zero-order valence-corrected chi connectivity index (χ0v) is 11.6. The van der Waals surface area contributed by atoms with Gasteiger partial charge in [0.05, 0.1) is 11.7 Å². The van der Waals surface area contributed by atoms with Crippen LogP contribution in [0, 0.1) is 0 Å². The van der Waals surface area contributed by atoms with E-state index in [-0.39, 0.29) is 23.8 Å². The zero-order valence-electron chi connectivity index (χ0n) is 11.6. The van der Waals surface area contributed by atoms with Crippen LogP contribution in [0.3, 0.4) is 0 Å². The monoisotopic (exact) mass is 260 g/mol. The van der Waals surface area contributed by atoms with E-state index < -0.39 is 0 Å². The van der Waals surface area contributed by atoms with Crippen LogP contribution >= 0.6 is 0 Å². The van der Waals surface area contributed by atoms with Gasteiger partial charge in [0.15, 0.2) is 0 Å². The summed E-state index contributed by atoms with van der Waals surface area (Å²) in [6.45, 7) is 5.53. The molecule has 0 heterocycles. The third kappa shape index (κ3) is 3.67. The average molecular weight is 260 g/mol. The fraction of sp³-hybridized carbons (Fsp3) is 0.438. The highest BCUT2D eigenvalue weighted by molar-refractivity contribution is 5.66. The highest BCUT2D eigenvalue weighted by Crippen LogP contribution is 2.30. The molecule has 1 aromatic rings. The number of hydrogen-bond donors (Lipinski definition) is 0. The molecule has 3 heteroatoms. The number of ether oxygens (including phenoxy) is 2. The van der Waals surface area contributed by atoms with E-state index in [1.807, 2.05) is 30.4 Å². The molecule has 0 bridgehead atoms. The lowest BCUT2D eigenvalue weighted by atomic mass is 9.98. The Morgan fingerprint density at radius 1 is 1.16 bits per heavy atom. The van der Waals surface area contributed by atoms with Crippen molar-refractivity contribution in [2.45, 2.75) is 45.0 Å². The number of benzene rings is 1. The molecule has 0 fully saturated rings. The van der Waals surface area contributed by atoms with Gasteiger partial charge in [0.25, 0.3) is 0 Å². The number of carbonyl (C=O) groups excluding carboxylic acids is 1. The topological polar surface area (TPSA) is 35.5 Å². The van der Waals surface area contributed by atoms with Crippen molar-refractivity contribution in [3.05, 3.63) is 48.0 Å². The van der Waals surface area contributed by atoms with Crippen LogP contribution in [0.25, 0.3) is 0 Å². The van der Waals surface area contributed by atoms with Crippen LogP contribution in [0.2, 0.25) is 0 Å². The predicted molar refractivity (Wildman–Crippen MR) is 73.7 cm³/mol. The van der Waals surface area contributed by atoms with Gasteiger partial charge in [0, 0.05) is 13.3 Å². The molecule has 0 saturated heterocycles. The predicted octanol–water partition coefficient (Wildman–Crippen LogP) is 3.20. The van der Waals surface area contributed by atoms with E-state index >= 15 is 0 Å². The number of rotatable bonds is 4. The Balaban J connectivity index is 1.96. The Morgan fingerprint density at radius 3 is 2.42 bits per heavy atom. The van der Waals surface area contributed by atoms with E-state index in [0.717, 1.165) is 5.56 Å². The molecule has 0 amide bonds. The molecule has 0 spiro atoms. The van der Waals surface area contributed by atoms with Gasteiger partial charge in [-0.25, -0.2) is 0 Å². The van der Waals surface area contributed by atoms with E-state index in [0.29, 0.717) is 6.42 Å². The average Bonchev–Trinajstić information content (AvgIpc) is 2.76. The van der Waals surface area contributed by atoms with Crippen molar-refractivity contribution in [2.75, 3.05) is 0 Å². The van der Waals surface area contributed by atoms with Gasteiger partial charge >= 0.3 is 5.97 Å². The molecule has 0 radical (unpaired) electrons. The molecule has 0 aromatic heterocycles. The summed E-state index contributed by atoms with van der Waals surface area (Å²) in [5.74, 6) is -0.252. The Morgan fingerprint density at radius 2 is 1.79 bits per heavy atom. The van der Waals surface area contributed by atoms with Crippen LogP contribution < -0.4 is 0 Å². The van der Waals surface area contributed by atoms with Crippen molar-refractivity contribution >= 4 is 5.97 Å². The molecule has 2 atom stereocenters. The fourth-order valence-electron chi connectivity index (χ4n) is 2.31. The maximum atomic E-state index is 10.9. The minimum Gasteiger partial charge on any atom is -0.458 e. The molecule has 1 aliphatic carbocycles. The lowest BCUT2D eigenvalue weighted by Gasteiger charge is -2.29. The number of carbonyl (C=O) groups is 1. The second-order valence-electron chi connectivity index (χ2n) is 5.30. The summed E-state index contributed by atoms with van der Waals surface area (Å²) in [7, 11) is 0. The Labute approximate surface area is 114 Å². The SMILES string of the molecule is CC(=O)O[C@@H]1C=C[C@H](OC(C)(C)c2ccccc2)C1. The maximum Gasteiger partial charge on any atom is 0.303 e. The first-order valence-electron chi connectivity index (χ1n) is 6.56. The standard InChI is InChI=1S/C16H20O3/c1-12(17)18-14-9-10-15(11-14)19-16(2,3)13-7-5-4-6-8-13/h4-10,14-15H,11H2,1-3H3/t14-,15+/m1/s1. The molecule has 102 valence electrons. The van der Waals surface area contributed by atoms with Crippen LogP contribution in [-0.2, 0) is 19.9 Å². The smallest absolute Gasteiger partial charge is 0.303 e. The van der Waals surface area contributed by atoms with Crippen LogP contribution in [0.1, 0.15) is 32.8 Å². The quantitative estimate of drug-likeness (QED) is 0.616. The normalized spacial score (nSPS) is 22.5. The fourth-order valence-corrected chi connectivity index (χ4v) is 2.31. The summed E-state index contributed by atoms with van der Waals surface area (Å²) in [4.78, 5) is 10.9. The number of esters is 1. The van der Waals surface area contributed by atoms with E-state index in [4.69, 9.17) is 9.47 Å². The first kappa shape index (κ1) is 13.8. The van der Waals surface area contributed by atoms with Crippen molar-refractivity contribution in [1.29, 1.82) is 0 Å². The van der Waals surface area contributed by atoms with E-state index in [1.54, 1.807) is 0 Å². The Bertz CT molecular complexity index is 462. The molecule has 1 aliphatic rings. The minimum atomic E-state index is -0.360. The first-order chi connectivity index (χ1) is 8.97. The molecule has 0 saturated carbocycles. The number of hydrogen-bond acceptors (Lipinski definition) is 3. The summed E-state index contributed by atoms with van der Waals surface area (Å²) in [5, 5.41) is 0. The van der Waals surface area contributed by atoms with Crippen LogP contribution in [0.5, 0.6) is 0 Å². The van der Waals surface area contributed by atoms with Gasteiger partial charge in [-0.3, -0.25) is 4.79 Å². The summed E-state index contributed by atoms with van der Waals surface area (Å²) < 4.78 is 11.3. The lowest BCUT2D eigenvalue weighted by Crippen LogP contribution is -2.28. The lowest BCUT2D eigenvalue weighted by molar-refractivity contribution is -0.145. The van der Waals surface area contributed by atoms with Gasteiger partial charge in [-0.05, 0) is 25.5 Å². The molecular formula is C16H20O3. The first-order valence-corrected chi connectivity index (χ1v) is 6.56. The van der Waals surface area contributed by atoms with Gasteiger partial charge < -0.3 is 9.47 Å². The molecule has 2 rings (SSSR count). The minimum absolute atomic E-state index is 0.0143. The summed E-state index contributed by atoms with van der Waals surface area (Å²) in [6, 6.07) is 10.1. The van der Waals surface area contributed by atoms with Crippen molar-refractivity contribution in [3.8, 4) is 0 Å². The molecule has 0 N–H and O–H groups in total. The van der Waals surface area contributed by atoms with Gasteiger partial charge in [-0.15, -0.1) is 0 Å². The molecule has 0 aliphatic heterocycles. The van der Waals surface area contributed by atoms with Crippen LogP contribution in [-0.4, -0.2) is 18.2 Å². The third-order valence-electron chi connectivity index (χ3n) is 3.24. The van der Waals surface area contributed by atoms with Crippen molar-refractivity contribution in [3.63, 3.8) is 0 Å². The van der Waals surface area contributed by atoms with E-state index in [1.165, 1.54) is 6.92 Å². The Hall–Kier alpha value is -1.61. The van der Waals surface area contributed by atoms with E-state index in [2.05, 4.69) is 26.0 Å². The van der Waals surface area contributed by atoms with Crippen molar-refractivity contribution in [2.24, 2.45) is 0 Å². The third-order valence-corrected chi connectivity index (χ3v) is 3.24. The van der Waals surface area contributed by atoms with E-state index in [9.17, 15) is 4.79 Å². The highest BCUT2D eigenvalue weighted by Gasteiger charge is 2.29. The summed E-state index contributed by atoms with van der Waals surface area (Å²) in [5.41, 5.74) is 0.779. The summed E-state index contributed by atoms with van der Waals surface area (Å²) in [6.07, 6.45) is 4.38. The van der Waals surface area contributed by atoms with Crippen LogP contribution in [0.15, 0.2) is 42.5 Å². The molecule has 1 aromatic carbocycles. The second-order valence-corrected chi connectivity index (χ2v) is 5.30.